The molecule has 1 rings (SSSR count). The summed E-state index contributed by atoms with van der Waals surface area (Å²) in [6.07, 6.45) is 0. The summed E-state index contributed by atoms with van der Waals surface area (Å²) in [4.78, 5) is 10.3. The first kappa shape index (κ1) is 10.9. The number of hydrogen-bond donors (Lipinski definition) is 3. The van der Waals surface area contributed by atoms with Gasteiger partial charge in [0.05, 0.1) is 5.56 Å². The summed E-state index contributed by atoms with van der Waals surface area (Å²) in [5.41, 5.74) is -0.0553. The number of aromatic carboxylic acids is 1. The number of carbonyl (C=O) groups is 1. The van der Waals surface area contributed by atoms with Crippen LogP contribution < -0.4 is 0 Å². The quantitative estimate of drug-likeness (QED) is 0.482. The van der Waals surface area contributed by atoms with Gasteiger partial charge in [-0.3, -0.25) is 0 Å². The molecule has 4 nitrogen and oxygen atoms in total. The second kappa shape index (κ2) is 4.07. The summed E-state index contributed by atoms with van der Waals surface area (Å²) in [6, 6.07) is 3.31. The first-order valence-corrected chi connectivity index (χ1v) is 2.86. The number of hydrogen-bond acceptors (Lipinski definition) is 3. The second-order valence-electron chi connectivity index (χ2n) is 2.01. The van der Waals surface area contributed by atoms with Crippen molar-refractivity contribution in [2.75, 3.05) is 0 Å². The molecular formula is C7H6O4Zn. The van der Waals surface area contributed by atoms with Crippen LogP contribution in [0.5, 0.6) is 11.5 Å². The molecule has 0 radical (unpaired) electrons. The summed E-state index contributed by atoms with van der Waals surface area (Å²) >= 11 is 0. The van der Waals surface area contributed by atoms with Crippen LogP contribution in [0.3, 0.4) is 0 Å². The van der Waals surface area contributed by atoms with Crippen LogP contribution in [0.15, 0.2) is 18.2 Å². The fourth-order valence-electron chi connectivity index (χ4n) is 0.656. The molecule has 0 fully saturated rings. The minimum atomic E-state index is -1.14. The maximum Gasteiger partial charge on any atom is 0.335 e. The average Bonchev–Trinajstić information content (AvgIpc) is 1.94. The molecule has 12 heavy (non-hydrogen) atoms. The third kappa shape index (κ3) is 2.20. The molecule has 0 amide bonds. The fraction of sp³-hybridized carbons (Fsp3) is 0. The largest absolute Gasteiger partial charge is 0.504 e. The number of carboxylic acid groups (broad SMARTS) is 1. The van der Waals surface area contributed by atoms with E-state index in [1.807, 2.05) is 0 Å². The van der Waals surface area contributed by atoms with Crippen molar-refractivity contribution in [1.82, 2.24) is 0 Å². The zero-order valence-corrected chi connectivity index (χ0v) is 9.16. The van der Waals surface area contributed by atoms with Crippen LogP contribution in [0.4, 0.5) is 0 Å². The topological polar surface area (TPSA) is 77.8 Å². The van der Waals surface area contributed by atoms with E-state index in [2.05, 4.69) is 0 Å². The Morgan fingerprint density at radius 2 is 1.75 bits per heavy atom. The Hall–Kier alpha value is -1.09. The first-order valence-electron chi connectivity index (χ1n) is 2.86. The van der Waals surface area contributed by atoms with Gasteiger partial charge >= 0.3 is 5.97 Å². The summed E-state index contributed by atoms with van der Waals surface area (Å²) in [5, 5.41) is 26.0. The van der Waals surface area contributed by atoms with Gasteiger partial charge < -0.3 is 15.3 Å². The molecule has 0 unspecified atom stereocenters. The van der Waals surface area contributed by atoms with Crippen LogP contribution in [0.2, 0.25) is 0 Å². The van der Waals surface area contributed by atoms with Crippen molar-refractivity contribution in [3.05, 3.63) is 23.8 Å². The normalized spacial score (nSPS) is 8.67. The Kier molecular flexibility index (Phi) is 3.70. The SMILES string of the molecule is O=C(O)c1ccc(O)c(O)c1.[Zn]. The van der Waals surface area contributed by atoms with Gasteiger partial charge in [0.2, 0.25) is 0 Å². The number of phenolic OH excluding ortho intramolecular Hbond substituents is 2. The predicted octanol–water partition coefficient (Wildman–Crippen LogP) is 0.793. The molecule has 1 aromatic carbocycles. The maximum atomic E-state index is 10.3. The van der Waals surface area contributed by atoms with Gasteiger partial charge in [0.15, 0.2) is 11.5 Å². The molecule has 0 atom stereocenters. The van der Waals surface area contributed by atoms with E-state index < -0.39 is 11.7 Å². The van der Waals surface area contributed by atoms with Crippen molar-refractivity contribution < 1.29 is 39.6 Å². The fourth-order valence-corrected chi connectivity index (χ4v) is 0.656. The Balaban J connectivity index is 0.00000121. The van der Waals surface area contributed by atoms with Gasteiger partial charge in [-0.15, -0.1) is 0 Å². The molecule has 0 bridgehead atoms. The van der Waals surface area contributed by atoms with Crippen molar-refractivity contribution in [3.63, 3.8) is 0 Å². The first-order chi connectivity index (χ1) is 5.11. The number of rotatable bonds is 1. The zero-order chi connectivity index (χ0) is 8.43. The molecule has 5 heteroatoms. The molecule has 3 N–H and O–H groups in total. The molecule has 0 saturated heterocycles. The number of benzene rings is 1. The van der Waals surface area contributed by atoms with E-state index in [1.54, 1.807) is 0 Å². The van der Waals surface area contributed by atoms with Crippen molar-refractivity contribution in [2.45, 2.75) is 0 Å². The van der Waals surface area contributed by atoms with Crippen LogP contribution >= 0.6 is 0 Å². The Morgan fingerprint density at radius 3 is 2.17 bits per heavy atom. The van der Waals surface area contributed by atoms with Gasteiger partial charge in [0, 0.05) is 19.5 Å². The van der Waals surface area contributed by atoms with Crippen LogP contribution in [-0.2, 0) is 19.5 Å². The standard InChI is InChI=1S/C7H6O4.Zn/c8-5-2-1-4(7(10)11)3-6(5)9;/h1-3,8-9H,(H,10,11);. The van der Waals surface area contributed by atoms with Crippen molar-refractivity contribution >= 4 is 5.97 Å². The van der Waals surface area contributed by atoms with Gasteiger partial charge in [0.25, 0.3) is 0 Å². The van der Waals surface area contributed by atoms with E-state index >= 15 is 0 Å². The molecule has 0 saturated carbocycles. The summed E-state index contributed by atoms with van der Waals surface area (Å²) in [5.74, 6) is -1.89. The molecule has 0 aliphatic carbocycles. The number of aromatic hydroxyl groups is 2. The minimum Gasteiger partial charge on any atom is -0.504 e. The molecular weight excluding hydrogens is 213 g/mol. The monoisotopic (exact) mass is 218 g/mol. The van der Waals surface area contributed by atoms with Gasteiger partial charge in [-0.2, -0.15) is 0 Å². The zero-order valence-electron chi connectivity index (χ0n) is 6.19. The van der Waals surface area contributed by atoms with Crippen LogP contribution in [0, 0.1) is 0 Å². The molecule has 0 aromatic heterocycles. The van der Waals surface area contributed by atoms with Gasteiger partial charge in [-0.25, -0.2) is 4.79 Å². The predicted molar refractivity (Wildman–Crippen MR) is 36.7 cm³/mol. The maximum absolute atomic E-state index is 10.3. The summed E-state index contributed by atoms with van der Waals surface area (Å²) < 4.78 is 0. The van der Waals surface area contributed by atoms with Gasteiger partial charge in [0.1, 0.15) is 0 Å². The van der Waals surface area contributed by atoms with E-state index in [0.717, 1.165) is 12.1 Å². The van der Waals surface area contributed by atoms with Crippen molar-refractivity contribution in [3.8, 4) is 11.5 Å². The van der Waals surface area contributed by atoms with Crippen molar-refractivity contribution in [2.24, 2.45) is 0 Å². The van der Waals surface area contributed by atoms with E-state index in [9.17, 15) is 4.79 Å². The number of carboxylic acids is 1. The smallest absolute Gasteiger partial charge is 0.335 e. The molecule has 60 valence electrons. The van der Waals surface area contributed by atoms with E-state index in [4.69, 9.17) is 15.3 Å². The Morgan fingerprint density at radius 1 is 1.17 bits per heavy atom. The summed E-state index contributed by atoms with van der Waals surface area (Å²) in [6.45, 7) is 0. The molecule has 0 aliphatic rings. The second-order valence-corrected chi connectivity index (χ2v) is 2.01. The minimum absolute atomic E-state index is 0. The molecule has 0 aliphatic heterocycles. The van der Waals surface area contributed by atoms with Crippen LogP contribution in [-0.4, -0.2) is 21.3 Å². The third-order valence-corrected chi connectivity index (χ3v) is 1.22. The Labute approximate surface area is 81.2 Å². The molecule has 1 aromatic rings. The van der Waals surface area contributed by atoms with Crippen molar-refractivity contribution in [1.29, 1.82) is 0 Å². The summed E-state index contributed by atoms with van der Waals surface area (Å²) in [7, 11) is 0. The average molecular weight is 220 g/mol. The van der Waals surface area contributed by atoms with Crippen LogP contribution in [0.25, 0.3) is 0 Å². The van der Waals surface area contributed by atoms with E-state index in [0.29, 0.717) is 0 Å². The van der Waals surface area contributed by atoms with E-state index in [1.165, 1.54) is 6.07 Å². The van der Waals surface area contributed by atoms with Gasteiger partial charge in [-0.05, 0) is 18.2 Å². The molecule has 0 heterocycles. The molecule has 0 spiro atoms. The van der Waals surface area contributed by atoms with Gasteiger partial charge in [-0.1, -0.05) is 0 Å². The van der Waals surface area contributed by atoms with E-state index in [-0.39, 0.29) is 30.8 Å². The third-order valence-electron chi connectivity index (χ3n) is 1.22. The Bertz CT molecular complexity index is 297. The number of phenols is 2. The van der Waals surface area contributed by atoms with Crippen LogP contribution in [0.1, 0.15) is 10.4 Å².